The summed E-state index contributed by atoms with van der Waals surface area (Å²) in [6.07, 6.45) is 3.46. The molecule has 0 aliphatic rings. The van der Waals surface area contributed by atoms with Crippen LogP contribution in [0.4, 0.5) is 0 Å². The Morgan fingerprint density at radius 3 is 2.75 bits per heavy atom. The molecular formula is C19H15ClN6OS. The second-order valence-electron chi connectivity index (χ2n) is 5.90. The Morgan fingerprint density at radius 1 is 1.11 bits per heavy atom. The zero-order valence-electron chi connectivity index (χ0n) is 14.6. The predicted molar refractivity (Wildman–Crippen MR) is 108 cm³/mol. The lowest BCUT2D eigenvalue weighted by Crippen LogP contribution is -2.24. The van der Waals surface area contributed by atoms with E-state index in [1.54, 1.807) is 29.0 Å². The summed E-state index contributed by atoms with van der Waals surface area (Å²) in [5.74, 6) is 0.118. The number of carbonyl (C=O) groups is 1. The SMILES string of the molecule is O=C(CSc1nnc2ccc(-c3cccnc3)nn12)NCc1ccc(Cl)cc1. The standard InChI is InChI=1S/C19H15ClN6OS/c20-15-5-3-13(4-6-15)10-22-18(27)12-28-19-24-23-17-8-7-16(25-26(17)19)14-2-1-9-21-11-14/h1-9,11H,10,12H2,(H,22,27). The number of hydrogen-bond donors (Lipinski definition) is 1. The van der Waals surface area contributed by atoms with Crippen molar-refractivity contribution in [2.45, 2.75) is 11.7 Å². The zero-order valence-corrected chi connectivity index (χ0v) is 16.2. The number of rotatable bonds is 6. The van der Waals surface area contributed by atoms with Gasteiger partial charge in [0.15, 0.2) is 5.65 Å². The number of benzene rings is 1. The van der Waals surface area contributed by atoms with E-state index >= 15 is 0 Å². The van der Waals surface area contributed by atoms with Crippen LogP contribution in [0.25, 0.3) is 16.9 Å². The van der Waals surface area contributed by atoms with Crippen LogP contribution in [0.3, 0.4) is 0 Å². The molecule has 0 radical (unpaired) electrons. The molecule has 0 spiro atoms. The number of nitrogens with zero attached hydrogens (tertiary/aromatic N) is 5. The summed E-state index contributed by atoms with van der Waals surface area (Å²) in [4.78, 5) is 16.3. The molecule has 0 unspecified atom stereocenters. The molecule has 0 aliphatic carbocycles. The molecule has 3 aromatic heterocycles. The van der Waals surface area contributed by atoms with Gasteiger partial charge in [-0.2, -0.15) is 9.61 Å². The van der Waals surface area contributed by atoms with E-state index in [2.05, 4.69) is 25.6 Å². The minimum absolute atomic E-state index is 0.0971. The van der Waals surface area contributed by atoms with E-state index in [9.17, 15) is 4.79 Å². The highest BCUT2D eigenvalue weighted by Crippen LogP contribution is 2.20. The first kappa shape index (κ1) is 18.4. The third kappa shape index (κ3) is 4.29. The highest BCUT2D eigenvalue weighted by Gasteiger charge is 2.11. The van der Waals surface area contributed by atoms with Crippen LogP contribution in [0, 0.1) is 0 Å². The summed E-state index contributed by atoms with van der Waals surface area (Å²) >= 11 is 7.15. The van der Waals surface area contributed by atoms with E-state index in [1.807, 2.05) is 36.4 Å². The summed E-state index contributed by atoms with van der Waals surface area (Å²) in [6.45, 7) is 0.445. The molecule has 0 fully saturated rings. The molecule has 28 heavy (non-hydrogen) atoms. The van der Waals surface area contributed by atoms with Gasteiger partial charge in [0.2, 0.25) is 11.1 Å². The van der Waals surface area contributed by atoms with Gasteiger partial charge in [-0.1, -0.05) is 35.5 Å². The van der Waals surface area contributed by atoms with Crippen LogP contribution < -0.4 is 5.32 Å². The lowest BCUT2D eigenvalue weighted by atomic mass is 10.2. The van der Waals surface area contributed by atoms with E-state index in [1.165, 1.54) is 11.8 Å². The molecule has 4 aromatic rings. The number of halogens is 1. The molecule has 1 amide bonds. The van der Waals surface area contributed by atoms with Crippen LogP contribution in [0.15, 0.2) is 66.1 Å². The Morgan fingerprint density at radius 2 is 1.96 bits per heavy atom. The number of hydrogen-bond acceptors (Lipinski definition) is 6. The molecule has 1 N–H and O–H groups in total. The van der Waals surface area contributed by atoms with Crippen molar-refractivity contribution in [3.63, 3.8) is 0 Å². The van der Waals surface area contributed by atoms with Crippen LogP contribution >= 0.6 is 23.4 Å². The number of thioether (sulfide) groups is 1. The van der Waals surface area contributed by atoms with Gasteiger partial charge >= 0.3 is 0 Å². The molecule has 0 saturated heterocycles. The fourth-order valence-corrected chi connectivity index (χ4v) is 3.35. The smallest absolute Gasteiger partial charge is 0.230 e. The van der Waals surface area contributed by atoms with Gasteiger partial charge in [-0.05, 0) is 42.0 Å². The van der Waals surface area contributed by atoms with Crippen molar-refractivity contribution in [2.24, 2.45) is 0 Å². The molecular weight excluding hydrogens is 396 g/mol. The van der Waals surface area contributed by atoms with Gasteiger partial charge in [-0.15, -0.1) is 10.2 Å². The van der Waals surface area contributed by atoms with Gasteiger partial charge in [0.1, 0.15) is 0 Å². The molecule has 0 atom stereocenters. The van der Waals surface area contributed by atoms with E-state index < -0.39 is 0 Å². The minimum Gasteiger partial charge on any atom is -0.351 e. The zero-order chi connectivity index (χ0) is 19.3. The molecule has 1 aromatic carbocycles. The molecule has 0 aliphatic heterocycles. The largest absolute Gasteiger partial charge is 0.351 e. The normalized spacial score (nSPS) is 10.9. The van der Waals surface area contributed by atoms with Crippen LogP contribution in [-0.4, -0.2) is 36.5 Å². The summed E-state index contributed by atoms with van der Waals surface area (Å²) in [5, 5.41) is 16.9. The first-order valence-corrected chi connectivity index (χ1v) is 9.82. The van der Waals surface area contributed by atoms with Gasteiger partial charge in [0, 0.05) is 29.5 Å². The summed E-state index contributed by atoms with van der Waals surface area (Å²) in [5.41, 5.74) is 3.26. The minimum atomic E-state index is -0.0971. The molecule has 0 saturated carbocycles. The van der Waals surface area contributed by atoms with Crippen LogP contribution in [0.5, 0.6) is 0 Å². The van der Waals surface area contributed by atoms with Gasteiger partial charge in [0.05, 0.1) is 11.4 Å². The summed E-state index contributed by atoms with van der Waals surface area (Å²) < 4.78 is 1.64. The Labute approximate surface area is 170 Å². The van der Waals surface area contributed by atoms with Gasteiger partial charge in [0.25, 0.3) is 0 Å². The van der Waals surface area contributed by atoms with E-state index in [4.69, 9.17) is 11.6 Å². The maximum atomic E-state index is 12.2. The monoisotopic (exact) mass is 410 g/mol. The molecule has 7 nitrogen and oxygen atoms in total. The maximum Gasteiger partial charge on any atom is 0.230 e. The molecule has 3 heterocycles. The molecule has 9 heteroatoms. The third-order valence-corrected chi connectivity index (χ3v) is 5.10. The van der Waals surface area contributed by atoms with Crippen molar-refractivity contribution in [3.05, 3.63) is 71.5 Å². The predicted octanol–water partition coefficient (Wildman–Crippen LogP) is 3.25. The Kier molecular flexibility index (Phi) is 5.50. The average Bonchev–Trinajstić information content (AvgIpc) is 3.15. The van der Waals surface area contributed by atoms with E-state index in [0.717, 1.165) is 16.8 Å². The Bertz CT molecular complexity index is 1100. The summed E-state index contributed by atoms with van der Waals surface area (Å²) in [7, 11) is 0. The average molecular weight is 411 g/mol. The number of carbonyl (C=O) groups excluding carboxylic acids is 1. The maximum absolute atomic E-state index is 12.2. The number of nitrogens with one attached hydrogen (secondary N) is 1. The first-order valence-electron chi connectivity index (χ1n) is 8.46. The second kappa shape index (κ2) is 8.37. The van der Waals surface area contributed by atoms with Crippen LogP contribution in [0.1, 0.15) is 5.56 Å². The van der Waals surface area contributed by atoms with E-state index in [-0.39, 0.29) is 11.7 Å². The third-order valence-electron chi connectivity index (χ3n) is 3.93. The van der Waals surface area contributed by atoms with Crippen molar-refractivity contribution >= 4 is 34.9 Å². The lowest BCUT2D eigenvalue weighted by molar-refractivity contribution is -0.118. The number of aromatic nitrogens is 5. The van der Waals surface area contributed by atoms with Gasteiger partial charge in [-0.25, -0.2) is 0 Å². The fraction of sp³-hybridized carbons (Fsp3) is 0.105. The van der Waals surface area contributed by atoms with Gasteiger partial charge < -0.3 is 5.32 Å². The molecule has 4 rings (SSSR count). The van der Waals surface area contributed by atoms with Crippen molar-refractivity contribution in [1.82, 2.24) is 30.1 Å². The number of pyridine rings is 1. The van der Waals surface area contributed by atoms with Crippen molar-refractivity contribution in [3.8, 4) is 11.3 Å². The van der Waals surface area contributed by atoms with Crippen molar-refractivity contribution in [1.29, 1.82) is 0 Å². The Hall–Kier alpha value is -2.97. The number of fused-ring (bicyclic) bond motifs is 1. The van der Waals surface area contributed by atoms with Crippen molar-refractivity contribution < 1.29 is 4.79 Å². The highest BCUT2D eigenvalue weighted by molar-refractivity contribution is 7.99. The highest BCUT2D eigenvalue weighted by atomic mass is 35.5. The van der Waals surface area contributed by atoms with Crippen LogP contribution in [0.2, 0.25) is 5.02 Å². The first-order chi connectivity index (χ1) is 13.7. The fourth-order valence-electron chi connectivity index (χ4n) is 2.51. The number of amides is 1. The molecule has 0 bridgehead atoms. The Balaban J connectivity index is 1.41. The van der Waals surface area contributed by atoms with Crippen LogP contribution in [-0.2, 0) is 11.3 Å². The van der Waals surface area contributed by atoms with Crippen molar-refractivity contribution in [2.75, 3.05) is 5.75 Å². The quantitative estimate of drug-likeness (QED) is 0.491. The second-order valence-corrected chi connectivity index (χ2v) is 7.28. The summed E-state index contributed by atoms with van der Waals surface area (Å²) in [6, 6.07) is 14.9. The van der Waals surface area contributed by atoms with E-state index in [0.29, 0.717) is 22.4 Å². The van der Waals surface area contributed by atoms with Gasteiger partial charge in [-0.3, -0.25) is 9.78 Å². The lowest BCUT2D eigenvalue weighted by Gasteiger charge is -2.05. The molecule has 140 valence electrons. The topological polar surface area (TPSA) is 85.1 Å².